The van der Waals surface area contributed by atoms with Gasteiger partial charge in [0.2, 0.25) is 0 Å². The molecule has 0 spiro atoms. The third-order valence-electron chi connectivity index (χ3n) is 3.73. The SMILES string of the molecule is Cc1ccc(C(=O)O)cc1P(c1ccccc1)c1ccccc1. The van der Waals surface area contributed by atoms with Crippen LogP contribution in [0.25, 0.3) is 0 Å². The summed E-state index contributed by atoms with van der Waals surface area (Å²) in [5, 5.41) is 12.9. The number of aromatic carboxylic acids is 1. The number of hydrogen-bond acceptors (Lipinski definition) is 1. The Bertz CT molecular complexity index is 774. The van der Waals surface area contributed by atoms with Crippen LogP contribution in [-0.4, -0.2) is 11.1 Å². The van der Waals surface area contributed by atoms with E-state index in [1.54, 1.807) is 6.07 Å². The number of benzene rings is 3. The molecule has 0 atom stereocenters. The van der Waals surface area contributed by atoms with E-state index >= 15 is 0 Å². The van der Waals surface area contributed by atoms with Gasteiger partial charge in [-0.3, -0.25) is 0 Å². The lowest BCUT2D eigenvalue weighted by atomic mass is 10.1. The van der Waals surface area contributed by atoms with E-state index < -0.39 is 13.9 Å². The second kappa shape index (κ2) is 6.76. The van der Waals surface area contributed by atoms with Crippen molar-refractivity contribution in [1.29, 1.82) is 0 Å². The quantitative estimate of drug-likeness (QED) is 0.748. The average Bonchev–Trinajstić information content (AvgIpc) is 2.58. The monoisotopic (exact) mass is 320 g/mol. The highest BCUT2D eigenvalue weighted by atomic mass is 31.1. The minimum Gasteiger partial charge on any atom is -0.478 e. The number of carbonyl (C=O) groups is 1. The maximum Gasteiger partial charge on any atom is 0.335 e. The molecular weight excluding hydrogens is 303 g/mol. The molecule has 3 rings (SSSR count). The zero-order valence-electron chi connectivity index (χ0n) is 12.8. The van der Waals surface area contributed by atoms with Gasteiger partial charge in [0.05, 0.1) is 5.56 Å². The second-order valence-electron chi connectivity index (χ2n) is 5.31. The van der Waals surface area contributed by atoms with Crippen LogP contribution >= 0.6 is 7.92 Å². The lowest BCUT2D eigenvalue weighted by molar-refractivity contribution is 0.0697. The van der Waals surface area contributed by atoms with Gasteiger partial charge < -0.3 is 5.11 Å². The summed E-state index contributed by atoms with van der Waals surface area (Å²) >= 11 is 0. The maximum atomic E-state index is 11.4. The fraction of sp³-hybridized carbons (Fsp3) is 0.0500. The van der Waals surface area contributed by atoms with Crippen molar-refractivity contribution in [3.8, 4) is 0 Å². The molecule has 0 aliphatic heterocycles. The molecule has 0 amide bonds. The van der Waals surface area contributed by atoms with E-state index in [2.05, 4.69) is 24.3 Å². The van der Waals surface area contributed by atoms with Gasteiger partial charge in [-0.25, -0.2) is 4.79 Å². The third kappa shape index (κ3) is 3.33. The fourth-order valence-electron chi connectivity index (χ4n) is 2.56. The molecule has 2 nitrogen and oxygen atoms in total. The maximum absolute atomic E-state index is 11.4. The van der Waals surface area contributed by atoms with Crippen LogP contribution in [0.5, 0.6) is 0 Å². The molecule has 0 aromatic heterocycles. The highest BCUT2D eigenvalue weighted by Crippen LogP contribution is 2.34. The number of carboxylic acids is 1. The molecular formula is C20H17O2P. The molecule has 0 radical (unpaired) electrons. The van der Waals surface area contributed by atoms with Crippen molar-refractivity contribution < 1.29 is 9.90 Å². The van der Waals surface area contributed by atoms with E-state index in [0.717, 1.165) is 10.9 Å². The first-order valence-electron chi connectivity index (χ1n) is 7.41. The van der Waals surface area contributed by atoms with Crippen LogP contribution < -0.4 is 15.9 Å². The highest BCUT2D eigenvalue weighted by Gasteiger charge is 2.19. The van der Waals surface area contributed by atoms with Gasteiger partial charge >= 0.3 is 5.97 Å². The summed E-state index contributed by atoms with van der Waals surface area (Å²) in [6, 6.07) is 26.0. The first-order valence-corrected chi connectivity index (χ1v) is 8.75. The molecule has 0 saturated heterocycles. The molecule has 23 heavy (non-hydrogen) atoms. The molecule has 3 heteroatoms. The van der Waals surface area contributed by atoms with Crippen LogP contribution in [0, 0.1) is 6.92 Å². The summed E-state index contributed by atoms with van der Waals surface area (Å²) in [5.41, 5.74) is 1.46. The van der Waals surface area contributed by atoms with Crippen LogP contribution in [0.15, 0.2) is 78.9 Å². The van der Waals surface area contributed by atoms with Gasteiger partial charge in [0, 0.05) is 0 Å². The summed E-state index contributed by atoms with van der Waals surface area (Å²) in [7, 11) is -0.771. The van der Waals surface area contributed by atoms with Crippen LogP contribution in [0.3, 0.4) is 0 Å². The number of carboxylic acid groups (broad SMARTS) is 1. The zero-order valence-corrected chi connectivity index (χ0v) is 13.7. The van der Waals surface area contributed by atoms with Crippen LogP contribution in [0.1, 0.15) is 15.9 Å². The van der Waals surface area contributed by atoms with Crippen molar-refractivity contribution in [2.24, 2.45) is 0 Å². The molecule has 0 bridgehead atoms. The summed E-state index contributed by atoms with van der Waals surface area (Å²) in [6.45, 7) is 2.04. The van der Waals surface area contributed by atoms with Gasteiger partial charge in [-0.15, -0.1) is 0 Å². The Hall–Kier alpha value is -2.44. The third-order valence-corrected chi connectivity index (χ3v) is 6.32. The molecule has 114 valence electrons. The van der Waals surface area contributed by atoms with Gasteiger partial charge in [-0.2, -0.15) is 0 Å². The highest BCUT2D eigenvalue weighted by molar-refractivity contribution is 7.79. The van der Waals surface area contributed by atoms with E-state index in [-0.39, 0.29) is 0 Å². The second-order valence-corrected chi connectivity index (χ2v) is 7.50. The van der Waals surface area contributed by atoms with Gasteiger partial charge in [-0.05, 0) is 48.5 Å². The molecule has 0 aliphatic rings. The topological polar surface area (TPSA) is 37.3 Å². The Morgan fingerprint density at radius 1 is 0.826 bits per heavy atom. The first-order chi connectivity index (χ1) is 11.2. The normalized spacial score (nSPS) is 10.7. The van der Waals surface area contributed by atoms with Crippen LogP contribution in [0.2, 0.25) is 0 Å². The number of rotatable bonds is 4. The lowest BCUT2D eigenvalue weighted by Gasteiger charge is -2.21. The minimum absolute atomic E-state index is 0.338. The molecule has 1 N–H and O–H groups in total. The Morgan fingerprint density at radius 2 is 1.35 bits per heavy atom. The largest absolute Gasteiger partial charge is 0.478 e. The molecule has 0 heterocycles. The molecule has 0 unspecified atom stereocenters. The van der Waals surface area contributed by atoms with E-state index in [1.807, 2.05) is 55.5 Å². The zero-order chi connectivity index (χ0) is 16.2. The van der Waals surface area contributed by atoms with E-state index in [4.69, 9.17) is 0 Å². The predicted molar refractivity (Wildman–Crippen MR) is 96.8 cm³/mol. The minimum atomic E-state index is -0.887. The van der Waals surface area contributed by atoms with E-state index in [0.29, 0.717) is 5.56 Å². The summed E-state index contributed by atoms with van der Waals surface area (Å²) in [6.07, 6.45) is 0. The Balaban J connectivity index is 2.21. The van der Waals surface area contributed by atoms with Crippen LogP contribution in [-0.2, 0) is 0 Å². The molecule has 3 aromatic carbocycles. The van der Waals surface area contributed by atoms with E-state index in [9.17, 15) is 9.90 Å². The summed E-state index contributed by atoms with van der Waals surface area (Å²) in [4.78, 5) is 11.4. The van der Waals surface area contributed by atoms with Crippen molar-refractivity contribution in [1.82, 2.24) is 0 Å². The lowest BCUT2D eigenvalue weighted by Crippen LogP contribution is -2.23. The van der Waals surface area contributed by atoms with Crippen molar-refractivity contribution in [3.05, 3.63) is 90.0 Å². The Labute approximate surface area is 137 Å². The van der Waals surface area contributed by atoms with Gasteiger partial charge in [0.15, 0.2) is 0 Å². The molecule has 3 aromatic rings. The smallest absolute Gasteiger partial charge is 0.335 e. The molecule has 0 fully saturated rings. The number of hydrogen-bond donors (Lipinski definition) is 1. The average molecular weight is 320 g/mol. The summed E-state index contributed by atoms with van der Waals surface area (Å²) in [5.74, 6) is -0.887. The Kier molecular flexibility index (Phi) is 4.55. The number of aryl methyl sites for hydroxylation is 1. The van der Waals surface area contributed by atoms with Crippen molar-refractivity contribution in [2.75, 3.05) is 0 Å². The predicted octanol–water partition coefficient (Wildman–Crippen LogP) is 3.45. The Morgan fingerprint density at radius 3 is 1.83 bits per heavy atom. The van der Waals surface area contributed by atoms with E-state index in [1.165, 1.54) is 10.6 Å². The molecule has 0 saturated carbocycles. The standard InChI is InChI=1S/C20H17O2P/c1-15-12-13-16(20(21)22)14-19(15)23(17-8-4-2-5-9-17)18-10-6-3-7-11-18/h2-14H,1H3,(H,21,22). The van der Waals surface area contributed by atoms with Gasteiger partial charge in [-0.1, -0.05) is 66.7 Å². The van der Waals surface area contributed by atoms with Gasteiger partial charge in [0.25, 0.3) is 0 Å². The van der Waals surface area contributed by atoms with Gasteiger partial charge in [0.1, 0.15) is 0 Å². The summed E-state index contributed by atoms with van der Waals surface area (Å²) < 4.78 is 0. The first kappa shape index (κ1) is 15.5. The molecule has 0 aliphatic carbocycles. The van der Waals surface area contributed by atoms with Crippen LogP contribution in [0.4, 0.5) is 0 Å². The fourth-order valence-corrected chi connectivity index (χ4v) is 5.06. The van der Waals surface area contributed by atoms with Crippen molar-refractivity contribution in [3.63, 3.8) is 0 Å². The van der Waals surface area contributed by atoms with Crippen molar-refractivity contribution >= 4 is 29.8 Å². The van der Waals surface area contributed by atoms with Crippen molar-refractivity contribution in [2.45, 2.75) is 6.92 Å².